The lowest BCUT2D eigenvalue weighted by Crippen LogP contribution is -2.19. The van der Waals surface area contributed by atoms with Gasteiger partial charge in [0.15, 0.2) is 11.5 Å². The summed E-state index contributed by atoms with van der Waals surface area (Å²) in [5, 5.41) is 0.688. The number of furan rings is 1. The van der Waals surface area contributed by atoms with E-state index in [0.29, 0.717) is 27.7 Å². The molecule has 2 aromatic carbocycles. The summed E-state index contributed by atoms with van der Waals surface area (Å²) in [6.45, 7) is 0. The molecule has 22 heavy (non-hydrogen) atoms. The monoisotopic (exact) mass is 291 g/mol. The number of fused-ring (bicyclic) bond motifs is 4. The largest absolute Gasteiger partial charge is 0.452 e. The van der Waals surface area contributed by atoms with Crippen molar-refractivity contribution in [2.45, 2.75) is 0 Å². The highest BCUT2D eigenvalue weighted by Crippen LogP contribution is 2.36. The molecule has 3 aromatic rings. The zero-order valence-electron chi connectivity index (χ0n) is 12.2. The predicted molar refractivity (Wildman–Crippen MR) is 83.8 cm³/mol. The molecule has 0 saturated carbocycles. The Morgan fingerprint density at radius 3 is 2.27 bits per heavy atom. The summed E-state index contributed by atoms with van der Waals surface area (Å²) >= 11 is 0. The second-order valence-electron chi connectivity index (χ2n) is 5.58. The van der Waals surface area contributed by atoms with Crippen molar-refractivity contribution in [1.82, 2.24) is 0 Å². The molecule has 0 atom stereocenters. The van der Waals surface area contributed by atoms with Crippen LogP contribution in [0.2, 0.25) is 0 Å². The summed E-state index contributed by atoms with van der Waals surface area (Å²) in [6, 6.07) is 12.5. The summed E-state index contributed by atoms with van der Waals surface area (Å²) in [4.78, 5) is 27.3. The fraction of sp³-hybridized carbons (Fsp3) is 0.111. The van der Waals surface area contributed by atoms with Gasteiger partial charge in [-0.15, -0.1) is 0 Å². The second-order valence-corrected chi connectivity index (χ2v) is 5.58. The number of benzene rings is 2. The molecule has 1 aliphatic rings. The van der Waals surface area contributed by atoms with Gasteiger partial charge >= 0.3 is 0 Å². The van der Waals surface area contributed by atoms with Crippen molar-refractivity contribution in [2.75, 3.05) is 19.0 Å². The fourth-order valence-corrected chi connectivity index (χ4v) is 2.88. The van der Waals surface area contributed by atoms with Gasteiger partial charge in [0.2, 0.25) is 5.78 Å². The minimum absolute atomic E-state index is 0.148. The number of ketones is 2. The Balaban J connectivity index is 2.02. The first-order chi connectivity index (χ1) is 10.6. The van der Waals surface area contributed by atoms with Crippen molar-refractivity contribution in [1.29, 1.82) is 0 Å². The van der Waals surface area contributed by atoms with E-state index in [2.05, 4.69) is 0 Å². The van der Waals surface area contributed by atoms with Gasteiger partial charge in [0.25, 0.3) is 0 Å². The molecule has 108 valence electrons. The average molecular weight is 291 g/mol. The molecule has 0 N–H and O–H groups in total. The van der Waals surface area contributed by atoms with Crippen LogP contribution in [0.1, 0.15) is 32.0 Å². The van der Waals surface area contributed by atoms with Crippen LogP contribution in [0.4, 0.5) is 5.69 Å². The van der Waals surface area contributed by atoms with Gasteiger partial charge < -0.3 is 9.32 Å². The molecule has 0 fully saturated rings. The van der Waals surface area contributed by atoms with Crippen molar-refractivity contribution in [3.05, 3.63) is 64.9 Å². The Morgan fingerprint density at radius 1 is 0.909 bits per heavy atom. The Kier molecular flexibility index (Phi) is 2.51. The lowest BCUT2D eigenvalue weighted by Gasteiger charge is -2.13. The zero-order valence-corrected chi connectivity index (χ0v) is 12.2. The molecule has 4 rings (SSSR count). The van der Waals surface area contributed by atoms with E-state index in [9.17, 15) is 9.59 Å². The normalized spacial score (nSPS) is 13.2. The highest BCUT2D eigenvalue weighted by atomic mass is 16.3. The molecule has 1 aromatic heterocycles. The van der Waals surface area contributed by atoms with Crippen LogP contribution in [0.3, 0.4) is 0 Å². The average Bonchev–Trinajstić information content (AvgIpc) is 2.91. The third-order valence-electron chi connectivity index (χ3n) is 4.04. The van der Waals surface area contributed by atoms with Crippen molar-refractivity contribution >= 4 is 28.2 Å². The van der Waals surface area contributed by atoms with E-state index in [0.717, 1.165) is 5.69 Å². The molecule has 0 radical (unpaired) electrons. The predicted octanol–water partition coefficient (Wildman–Crippen LogP) is 3.27. The smallest absolute Gasteiger partial charge is 0.229 e. The summed E-state index contributed by atoms with van der Waals surface area (Å²) in [7, 11) is 3.85. The number of nitrogens with zero attached hydrogens (tertiary/aromatic N) is 1. The molecule has 0 bridgehead atoms. The van der Waals surface area contributed by atoms with E-state index in [4.69, 9.17) is 4.42 Å². The van der Waals surface area contributed by atoms with E-state index in [1.165, 1.54) is 0 Å². The Labute approximate surface area is 127 Å². The van der Waals surface area contributed by atoms with Crippen molar-refractivity contribution < 1.29 is 14.0 Å². The number of carbonyl (C=O) groups excluding carboxylic acids is 2. The number of rotatable bonds is 1. The first-order valence-electron chi connectivity index (χ1n) is 7.00. The molecule has 4 heteroatoms. The molecule has 1 heterocycles. The van der Waals surface area contributed by atoms with Gasteiger partial charge in [-0.3, -0.25) is 9.59 Å². The quantitative estimate of drug-likeness (QED) is 0.540. The van der Waals surface area contributed by atoms with Crippen LogP contribution in [-0.4, -0.2) is 25.7 Å². The minimum atomic E-state index is -0.229. The molecule has 0 spiro atoms. The molecular weight excluding hydrogens is 278 g/mol. The topological polar surface area (TPSA) is 50.5 Å². The van der Waals surface area contributed by atoms with E-state index in [-0.39, 0.29) is 17.3 Å². The molecule has 0 amide bonds. The molecular formula is C18H13NO3. The first kappa shape index (κ1) is 12.8. The standard InChI is InChI=1S/C18H13NO3/c1-19(2)10-7-8-13-14(9-10)22-18-15(13)16(20)11-5-3-4-6-12(11)17(18)21/h3-9H,1-2H3. The summed E-state index contributed by atoms with van der Waals surface area (Å²) in [6.07, 6.45) is 0. The SMILES string of the molecule is CN(C)c1ccc2c3c(oc2c1)C(=O)c1ccccc1C3=O. The number of anilines is 1. The second kappa shape index (κ2) is 4.31. The van der Waals surface area contributed by atoms with Crippen LogP contribution >= 0.6 is 0 Å². The van der Waals surface area contributed by atoms with Crippen LogP contribution in [0.5, 0.6) is 0 Å². The number of hydrogen-bond acceptors (Lipinski definition) is 4. The van der Waals surface area contributed by atoms with E-state index < -0.39 is 0 Å². The third kappa shape index (κ3) is 1.58. The zero-order chi connectivity index (χ0) is 15.4. The highest BCUT2D eigenvalue weighted by Gasteiger charge is 2.34. The number of carbonyl (C=O) groups is 2. The lowest BCUT2D eigenvalue weighted by molar-refractivity contribution is 0.0962. The van der Waals surface area contributed by atoms with E-state index >= 15 is 0 Å². The van der Waals surface area contributed by atoms with Crippen LogP contribution in [-0.2, 0) is 0 Å². The molecule has 0 aliphatic heterocycles. The van der Waals surface area contributed by atoms with Crippen molar-refractivity contribution in [3.8, 4) is 0 Å². The summed E-state index contributed by atoms with van der Waals surface area (Å²) in [5.41, 5.74) is 2.75. The molecule has 1 aliphatic carbocycles. The summed E-state index contributed by atoms with van der Waals surface area (Å²) < 4.78 is 5.72. The van der Waals surface area contributed by atoms with Gasteiger partial charge in [0.05, 0.1) is 5.56 Å². The number of hydrogen-bond donors (Lipinski definition) is 0. The van der Waals surface area contributed by atoms with Crippen LogP contribution in [0.15, 0.2) is 46.9 Å². The Hall–Kier alpha value is -2.88. The van der Waals surface area contributed by atoms with Gasteiger partial charge in [0.1, 0.15) is 5.58 Å². The Bertz CT molecular complexity index is 950. The maximum atomic E-state index is 12.7. The van der Waals surface area contributed by atoms with Crippen LogP contribution in [0.25, 0.3) is 11.0 Å². The maximum absolute atomic E-state index is 12.7. The first-order valence-corrected chi connectivity index (χ1v) is 7.00. The van der Waals surface area contributed by atoms with Crippen LogP contribution < -0.4 is 4.90 Å². The minimum Gasteiger partial charge on any atom is -0.452 e. The maximum Gasteiger partial charge on any atom is 0.229 e. The lowest BCUT2D eigenvalue weighted by atomic mass is 9.87. The summed E-state index contributed by atoms with van der Waals surface area (Å²) in [5.74, 6) is -0.232. The highest BCUT2D eigenvalue weighted by molar-refractivity contribution is 6.31. The molecule has 0 unspecified atom stereocenters. The fourth-order valence-electron chi connectivity index (χ4n) is 2.88. The van der Waals surface area contributed by atoms with Crippen molar-refractivity contribution in [2.24, 2.45) is 0 Å². The van der Waals surface area contributed by atoms with E-state index in [1.807, 2.05) is 37.2 Å². The van der Waals surface area contributed by atoms with Crippen LogP contribution in [0, 0.1) is 0 Å². The van der Waals surface area contributed by atoms with Gasteiger partial charge in [-0.05, 0) is 12.1 Å². The van der Waals surface area contributed by atoms with Crippen molar-refractivity contribution in [3.63, 3.8) is 0 Å². The Morgan fingerprint density at radius 2 is 1.59 bits per heavy atom. The van der Waals surface area contributed by atoms with Gasteiger partial charge in [-0.2, -0.15) is 0 Å². The molecule has 4 nitrogen and oxygen atoms in total. The third-order valence-corrected chi connectivity index (χ3v) is 4.04. The van der Waals surface area contributed by atoms with Gasteiger partial charge in [-0.1, -0.05) is 24.3 Å². The van der Waals surface area contributed by atoms with Gasteiger partial charge in [-0.25, -0.2) is 0 Å². The van der Waals surface area contributed by atoms with Gasteiger partial charge in [0, 0.05) is 42.4 Å². The molecule has 0 saturated heterocycles. The van der Waals surface area contributed by atoms with E-state index in [1.54, 1.807) is 24.3 Å².